The molecule has 0 aliphatic rings. The lowest BCUT2D eigenvalue weighted by Crippen LogP contribution is -2.30. The summed E-state index contributed by atoms with van der Waals surface area (Å²) in [5, 5.41) is 10.6. The zero-order valence-corrected chi connectivity index (χ0v) is 66.4. The Kier molecular flexibility index (Phi) is 72.0. The van der Waals surface area contributed by atoms with Crippen molar-refractivity contribution in [3.05, 3.63) is 158 Å². The number of carbonyl (C=O) groups excluding carboxylic acids is 4. The number of aliphatic hydroxyl groups excluding tert-OH is 1. The molecule has 0 heterocycles. The van der Waals surface area contributed by atoms with E-state index in [-0.39, 0.29) is 25.7 Å². The van der Waals surface area contributed by atoms with Gasteiger partial charge in [-0.25, -0.2) is 9.13 Å². The fraction of sp³-hybridized carbons (Fsp3) is 0.647. The van der Waals surface area contributed by atoms with E-state index in [1.54, 1.807) is 0 Å². The van der Waals surface area contributed by atoms with Gasteiger partial charge >= 0.3 is 39.5 Å². The fourth-order valence-corrected chi connectivity index (χ4v) is 11.5. The first-order valence-corrected chi connectivity index (χ1v) is 42.7. The lowest BCUT2D eigenvalue weighted by atomic mass is 10.1. The van der Waals surface area contributed by atoms with Gasteiger partial charge in [-0.15, -0.1) is 0 Å². The number of hydrogen-bond acceptors (Lipinski definition) is 15. The summed E-state index contributed by atoms with van der Waals surface area (Å²) in [7, 11) is -10.0. The fourth-order valence-electron chi connectivity index (χ4n) is 9.92. The number of phosphoric acid groups is 2. The number of hydrogen-bond donors (Lipinski definition) is 3. The Balaban J connectivity index is 5.52. The van der Waals surface area contributed by atoms with Crippen LogP contribution in [0.4, 0.5) is 0 Å². The molecule has 0 spiro atoms. The largest absolute Gasteiger partial charge is 0.472 e. The van der Waals surface area contributed by atoms with Gasteiger partial charge in [-0.2, -0.15) is 0 Å². The van der Waals surface area contributed by atoms with E-state index in [9.17, 15) is 43.2 Å². The predicted octanol–water partition coefficient (Wildman–Crippen LogP) is 23.2. The molecular formula is C85H140O17P2. The van der Waals surface area contributed by atoms with Crippen LogP contribution in [0, 0.1) is 0 Å². The van der Waals surface area contributed by atoms with Gasteiger partial charge in [0.2, 0.25) is 0 Å². The summed E-state index contributed by atoms with van der Waals surface area (Å²) in [6.45, 7) is 4.50. The van der Waals surface area contributed by atoms with Crippen molar-refractivity contribution in [2.24, 2.45) is 0 Å². The molecule has 5 atom stereocenters. The van der Waals surface area contributed by atoms with Gasteiger partial charge in [-0.3, -0.25) is 37.3 Å². The topological polar surface area (TPSA) is 237 Å². The van der Waals surface area contributed by atoms with Crippen molar-refractivity contribution in [1.82, 2.24) is 0 Å². The third-order valence-corrected chi connectivity index (χ3v) is 17.9. The SMILES string of the molecule is CC/C=C\C/C=C\C/C=C\C/C=C\C/C=C\C/C=C\CCC(=O)OC[C@H](COP(=O)(O)OC[C@@H](O)COP(=O)(O)OC[C@@H](COC(=O)CCCCCCC/C=C\CCCCCC)OC(=O)CCCCCCC/C=C\CCCCCC)OC(=O)CC/C=C\C/C=C\C/C=C\C/C=C\C/C=C\CCCCC. The minimum Gasteiger partial charge on any atom is -0.462 e. The first kappa shape index (κ1) is 98.7. The minimum atomic E-state index is -5.02. The second-order valence-corrected chi connectivity index (χ2v) is 28.8. The average Bonchev–Trinajstić information content (AvgIpc) is 0.906. The number of aliphatic hydroxyl groups is 1. The van der Waals surface area contributed by atoms with E-state index in [0.717, 1.165) is 135 Å². The highest BCUT2D eigenvalue weighted by Gasteiger charge is 2.30. The molecular weight excluding hydrogens is 1350 g/mol. The van der Waals surface area contributed by atoms with Crippen LogP contribution in [0.3, 0.4) is 0 Å². The second-order valence-electron chi connectivity index (χ2n) is 25.9. The van der Waals surface area contributed by atoms with Crippen molar-refractivity contribution in [3.63, 3.8) is 0 Å². The van der Waals surface area contributed by atoms with Crippen LogP contribution in [0.15, 0.2) is 158 Å². The van der Waals surface area contributed by atoms with E-state index in [4.69, 9.17) is 37.0 Å². The number of esters is 4. The zero-order valence-electron chi connectivity index (χ0n) is 64.6. The summed E-state index contributed by atoms with van der Waals surface area (Å²) in [5.41, 5.74) is 0. The summed E-state index contributed by atoms with van der Waals surface area (Å²) >= 11 is 0. The minimum absolute atomic E-state index is 0.0152. The lowest BCUT2D eigenvalue weighted by Gasteiger charge is -2.21. The number of allylic oxidation sites excluding steroid dienone is 26. The maximum absolute atomic E-state index is 13.1. The molecule has 0 bridgehead atoms. The average molecular weight is 1500 g/mol. The van der Waals surface area contributed by atoms with E-state index in [0.29, 0.717) is 38.5 Å². The molecule has 0 saturated heterocycles. The maximum atomic E-state index is 13.1. The van der Waals surface area contributed by atoms with Crippen LogP contribution in [0.25, 0.3) is 0 Å². The molecule has 0 saturated carbocycles. The molecule has 0 aromatic rings. The van der Waals surface area contributed by atoms with Crippen molar-refractivity contribution in [2.45, 2.75) is 316 Å². The first-order valence-electron chi connectivity index (χ1n) is 39.7. The number of unbranched alkanes of at least 4 members (excludes halogenated alkanes) is 21. The molecule has 104 heavy (non-hydrogen) atoms. The Morgan fingerprint density at radius 1 is 0.279 bits per heavy atom. The van der Waals surface area contributed by atoms with Crippen molar-refractivity contribution in [2.75, 3.05) is 39.6 Å². The molecule has 0 amide bonds. The molecule has 0 radical (unpaired) electrons. The van der Waals surface area contributed by atoms with Crippen molar-refractivity contribution >= 4 is 39.5 Å². The highest BCUT2D eigenvalue weighted by atomic mass is 31.2. The molecule has 2 unspecified atom stereocenters. The van der Waals surface area contributed by atoms with Gasteiger partial charge in [-0.05, 0) is 154 Å². The standard InChI is InChI=1S/C85H140O17P2/c1-5-9-13-17-21-25-29-33-35-37-39-41-43-47-50-54-58-62-66-70-83(88)96-76-81(102-85(90)72-68-64-60-56-52-48-44-42-40-38-36-34-30-26-22-18-14-10-6-2)78-100-104(93,94)98-74-79(86)73-97-103(91,92)99-77-80(101-84(89)71-67-63-59-55-51-46-32-28-24-20-16-12-8-4)75-95-82(87)69-65-61-57-53-49-45-31-27-23-19-15-11-7-3/h9,13,21-22,25-28,31-36,39-42,47-48,50,52,58,60,62,64,79-81,86H,5-8,10-12,14-20,23-24,29-30,37-38,43-46,49,51,53-57,59,61,63,65-78H2,1-4H3,(H,91,92)(H,93,94)/b13-9-,25-21-,26-22-,31-27-,32-28-,35-33-,36-34-,41-39-,42-40-,50-47-,52-48-,62-58-,64-60-/t79-,80+,81+/m0/s1. The van der Waals surface area contributed by atoms with E-state index >= 15 is 0 Å². The van der Waals surface area contributed by atoms with Gasteiger partial charge in [0.25, 0.3) is 0 Å². The third kappa shape index (κ3) is 74.9. The Morgan fingerprint density at radius 2 is 0.519 bits per heavy atom. The van der Waals surface area contributed by atoms with E-state index in [1.807, 2.05) is 36.5 Å². The monoisotopic (exact) mass is 1490 g/mol. The smallest absolute Gasteiger partial charge is 0.462 e. The Morgan fingerprint density at radius 3 is 0.875 bits per heavy atom. The molecule has 17 nitrogen and oxygen atoms in total. The van der Waals surface area contributed by atoms with Gasteiger partial charge in [0, 0.05) is 25.7 Å². The van der Waals surface area contributed by atoms with Crippen LogP contribution in [0.1, 0.15) is 297 Å². The number of phosphoric ester groups is 2. The van der Waals surface area contributed by atoms with Gasteiger partial charge in [0.15, 0.2) is 12.2 Å². The Bertz CT molecular complexity index is 2590. The van der Waals surface area contributed by atoms with Crippen LogP contribution in [0.2, 0.25) is 0 Å². The number of ether oxygens (including phenoxy) is 4. The lowest BCUT2D eigenvalue weighted by molar-refractivity contribution is -0.161. The van der Waals surface area contributed by atoms with Crippen LogP contribution in [-0.2, 0) is 65.4 Å². The number of carbonyl (C=O) groups is 4. The molecule has 0 aromatic carbocycles. The quantitative estimate of drug-likeness (QED) is 0.0169. The first-order chi connectivity index (χ1) is 50.7. The molecule has 0 rings (SSSR count). The zero-order chi connectivity index (χ0) is 76.0. The molecule has 0 aliphatic carbocycles. The second kappa shape index (κ2) is 75.9. The molecule has 592 valence electrons. The predicted molar refractivity (Wildman–Crippen MR) is 427 cm³/mol. The molecule has 19 heteroatoms. The summed E-state index contributed by atoms with van der Waals surface area (Å²) in [6, 6.07) is 0. The van der Waals surface area contributed by atoms with Crippen molar-refractivity contribution in [1.29, 1.82) is 0 Å². The number of rotatable bonds is 73. The van der Waals surface area contributed by atoms with E-state index < -0.39 is 97.5 Å². The normalized spacial score (nSPS) is 14.7. The maximum Gasteiger partial charge on any atom is 0.472 e. The molecule has 0 fully saturated rings. The van der Waals surface area contributed by atoms with E-state index in [2.05, 4.69) is 149 Å². The van der Waals surface area contributed by atoms with Crippen molar-refractivity contribution in [3.8, 4) is 0 Å². The van der Waals surface area contributed by atoms with Gasteiger partial charge in [0.1, 0.15) is 19.3 Å². The third-order valence-electron chi connectivity index (χ3n) is 16.0. The van der Waals surface area contributed by atoms with Gasteiger partial charge in [0.05, 0.1) is 26.4 Å². The summed E-state index contributed by atoms with van der Waals surface area (Å²) < 4.78 is 68.4. The van der Waals surface area contributed by atoms with E-state index in [1.165, 1.54) is 70.6 Å². The molecule has 0 aromatic heterocycles. The summed E-state index contributed by atoms with van der Waals surface area (Å²) in [4.78, 5) is 72.9. The summed E-state index contributed by atoms with van der Waals surface area (Å²) in [5.74, 6) is -2.40. The van der Waals surface area contributed by atoms with Crippen molar-refractivity contribution < 1.29 is 80.2 Å². The van der Waals surface area contributed by atoms with Crippen LogP contribution >= 0.6 is 15.6 Å². The summed E-state index contributed by atoms with van der Waals surface area (Å²) in [6.07, 6.45) is 88.3. The van der Waals surface area contributed by atoms with Crippen LogP contribution in [0.5, 0.6) is 0 Å². The van der Waals surface area contributed by atoms with Crippen LogP contribution in [-0.4, -0.2) is 96.7 Å². The van der Waals surface area contributed by atoms with Gasteiger partial charge in [-0.1, -0.05) is 276 Å². The van der Waals surface area contributed by atoms with Gasteiger partial charge < -0.3 is 33.8 Å². The molecule has 3 N–H and O–H groups in total. The highest BCUT2D eigenvalue weighted by molar-refractivity contribution is 7.47. The highest BCUT2D eigenvalue weighted by Crippen LogP contribution is 2.45. The Hall–Kier alpha value is -5.32. The molecule has 0 aliphatic heterocycles. The Labute approximate surface area is 629 Å². The van der Waals surface area contributed by atoms with Crippen LogP contribution < -0.4 is 0 Å².